The maximum atomic E-state index is 12.6. The average Bonchev–Trinajstić information content (AvgIpc) is 3.33. The van der Waals surface area contributed by atoms with Crippen LogP contribution in [0.5, 0.6) is 0 Å². The van der Waals surface area contributed by atoms with Crippen LogP contribution in [-0.2, 0) is 6.42 Å². The fraction of sp³-hybridized carbons (Fsp3) is 0.105. The molecule has 3 heterocycles. The Balaban J connectivity index is 1.43. The lowest BCUT2D eigenvalue weighted by Gasteiger charge is -2.05. The highest BCUT2D eigenvalue weighted by Crippen LogP contribution is 2.17. The number of H-pyrrole nitrogens is 2. The Morgan fingerprint density at radius 1 is 1.07 bits per heavy atom. The molecule has 0 radical (unpaired) electrons. The number of nitrogens with zero attached hydrogens (tertiary/aromatic N) is 3. The number of hydrogen-bond acceptors (Lipinski definition) is 5. The fourth-order valence-electron chi connectivity index (χ4n) is 2.77. The van der Waals surface area contributed by atoms with Gasteiger partial charge >= 0.3 is 0 Å². The maximum Gasteiger partial charge on any atom is 0.257 e. The van der Waals surface area contributed by atoms with Crippen LogP contribution >= 0.6 is 0 Å². The van der Waals surface area contributed by atoms with E-state index in [9.17, 15) is 9.59 Å². The standard InChI is InChI=1S/C19H16N6O2/c26-16(7-8-17-22-13-5-1-2-6-14(13)23-17)18-15(11-21-25-18)24-19(27)12-4-3-9-20-10-12/h1-6,9-11H,7-8H2,(H,21,25)(H,22,23)(H,24,27). The topological polar surface area (TPSA) is 116 Å². The number of nitrogens with one attached hydrogen (secondary N) is 3. The second kappa shape index (κ2) is 7.20. The number of imidazole rings is 1. The zero-order valence-electron chi connectivity index (χ0n) is 14.3. The number of anilines is 1. The van der Waals surface area contributed by atoms with Crippen LogP contribution in [0.1, 0.15) is 33.1 Å². The zero-order chi connectivity index (χ0) is 18.6. The van der Waals surface area contributed by atoms with Crippen LogP contribution in [0.3, 0.4) is 0 Å². The van der Waals surface area contributed by atoms with Crippen molar-refractivity contribution in [3.63, 3.8) is 0 Å². The lowest BCUT2D eigenvalue weighted by molar-refractivity contribution is 0.0978. The first-order valence-electron chi connectivity index (χ1n) is 8.42. The lowest BCUT2D eigenvalue weighted by Crippen LogP contribution is -2.14. The van der Waals surface area contributed by atoms with Gasteiger partial charge in [0.05, 0.1) is 28.5 Å². The predicted molar refractivity (Wildman–Crippen MR) is 99.5 cm³/mol. The van der Waals surface area contributed by atoms with Crippen molar-refractivity contribution >= 4 is 28.4 Å². The highest BCUT2D eigenvalue weighted by atomic mass is 16.2. The summed E-state index contributed by atoms with van der Waals surface area (Å²) in [5.74, 6) is 0.232. The van der Waals surface area contributed by atoms with E-state index in [1.165, 1.54) is 12.4 Å². The summed E-state index contributed by atoms with van der Waals surface area (Å²) < 4.78 is 0. The molecular formula is C19H16N6O2. The molecule has 8 nitrogen and oxygen atoms in total. The number of fused-ring (bicyclic) bond motifs is 1. The quantitative estimate of drug-likeness (QED) is 0.457. The van der Waals surface area contributed by atoms with Gasteiger partial charge in [-0.05, 0) is 24.3 Å². The highest BCUT2D eigenvalue weighted by Gasteiger charge is 2.17. The molecule has 0 aliphatic carbocycles. The second-order valence-corrected chi connectivity index (χ2v) is 5.98. The lowest BCUT2D eigenvalue weighted by atomic mass is 10.1. The van der Waals surface area contributed by atoms with E-state index in [-0.39, 0.29) is 23.8 Å². The smallest absolute Gasteiger partial charge is 0.257 e. The molecule has 1 amide bonds. The maximum absolute atomic E-state index is 12.6. The monoisotopic (exact) mass is 360 g/mol. The molecule has 0 aliphatic heterocycles. The number of aromatic amines is 2. The molecule has 0 saturated heterocycles. The van der Waals surface area contributed by atoms with Gasteiger partial charge in [0, 0.05) is 25.2 Å². The number of carbonyl (C=O) groups is 2. The van der Waals surface area contributed by atoms with Gasteiger partial charge in [-0.1, -0.05) is 12.1 Å². The number of Topliss-reactive ketones (excluding diaryl/α,β-unsaturated/α-hetero) is 1. The fourth-order valence-corrected chi connectivity index (χ4v) is 2.77. The number of rotatable bonds is 6. The Kier molecular flexibility index (Phi) is 4.44. The number of benzene rings is 1. The van der Waals surface area contributed by atoms with Crippen molar-refractivity contribution in [2.75, 3.05) is 5.32 Å². The first-order chi connectivity index (χ1) is 13.2. The predicted octanol–water partition coefficient (Wildman–Crippen LogP) is 2.75. The molecule has 3 N–H and O–H groups in total. The van der Waals surface area contributed by atoms with E-state index in [2.05, 4.69) is 30.5 Å². The molecule has 0 atom stereocenters. The van der Waals surface area contributed by atoms with Crippen LogP contribution in [0, 0.1) is 0 Å². The van der Waals surface area contributed by atoms with Gasteiger partial charge in [-0.2, -0.15) is 5.10 Å². The van der Waals surface area contributed by atoms with Gasteiger partial charge in [0.1, 0.15) is 11.5 Å². The third kappa shape index (κ3) is 3.59. The van der Waals surface area contributed by atoms with Gasteiger partial charge < -0.3 is 10.3 Å². The first kappa shape index (κ1) is 16.6. The summed E-state index contributed by atoms with van der Waals surface area (Å²) in [5.41, 5.74) is 2.82. The number of aryl methyl sites for hydroxylation is 1. The van der Waals surface area contributed by atoms with Crippen LogP contribution < -0.4 is 5.32 Å². The molecule has 4 rings (SSSR count). The molecule has 0 saturated carbocycles. The molecule has 0 aliphatic rings. The number of hydrogen-bond donors (Lipinski definition) is 3. The number of pyridine rings is 1. The number of amides is 1. The van der Waals surface area contributed by atoms with Crippen molar-refractivity contribution in [2.45, 2.75) is 12.8 Å². The Hall–Kier alpha value is -3.81. The van der Waals surface area contributed by atoms with Crippen molar-refractivity contribution in [1.82, 2.24) is 25.1 Å². The molecule has 3 aromatic heterocycles. The first-order valence-corrected chi connectivity index (χ1v) is 8.42. The minimum Gasteiger partial charge on any atom is -0.342 e. The molecule has 0 spiro atoms. The summed E-state index contributed by atoms with van der Waals surface area (Å²) in [5, 5.41) is 9.24. The van der Waals surface area contributed by atoms with Crippen LogP contribution in [0.4, 0.5) is 5.69 Å². The molecule has 134 valence electrons. The third-order valence-electron chi connectivity index (χ3n) is 4.12. The summed E-state index contributed by atoms with van der Waals surface area (Å²) in [7, 11) is 0. The van der Waals surface area contributed by atoms with Gasteiger partial charge in [0.25, 0.3) is 5.91 Å². The summed E-state index contributed by atoms with van der Waals surface area (Å²) in [6.45, 7) is 0. The van der Waals surface area contributed by atoms with Gasteiger partial charge in [-0.15, -0.1) is 0 Å². The Morgan fingerprint density at radius 3 is 2.78 bits per heavy atom. The highest BCUT2D eigenvalue weighted by molar-refractivity contribution is 6.08. The van der Waals surface area contributed by atoms with Gasteiger partial charge in [0.15, 0.2) is 5.78 Å². The van der Waals surface area contributed by atoms with Crippen LogP contribution in [0.25, 0.3) is 11.0 Å². The molecule has 0 unspecified atom stereocenters. The van der Waals surface area contributed by atoms with Crippen molar-refractivity contribution < 1.29 is 9.59 Å². The van der Waals surface area contributed by atoms with Gasteiger partial charge in [-0.3, -0.25) is 19.7 Å². The van der Waals surface area contributed by atoms with E-state index < -0.39 is 0 Å². The Morgan fingerprint density at radius 2 is 1.96 bits per heavy atom. The minimum atomic E-state index is -0.351. The molecule has 0 bridgehead atoms. The summed E-state index contributed by atoms with van der Waals surface area (Å²) >= 11 is 0. The summed E-state index contributed by atoms with van der Waals surface area (Å²) in [6.07, 6.45) is 5.16. The number of aromatic nitrogens is 5. The Bertz CT molecular complexity index is 1070. The van der Waals surface area contributed by atoms with E-state index in [0.717, 1.165) is 16.9 Å². The van der Waals surface area contributed by atoms with E-state index in [1.807, 2.05) is 24.3 Å². The van der Waals surface area contributed by atoms with E-state index >= 15 is 0 Å². The third-order valence-corrected chi connectivity index (χ3v) is 4.12. The minimum absolute atomic E-state index is 0.158. The van der Waals surface area contributed by atoms with Gasteiger partial charge in [-0.25, -0.2) is 4.98 Å². The molecule has 27 heavy (non-hydrogen) atoms. The van der Waals surface area contributed by atoms with E-state index in [0.29, 0.717) is 17.7 Å². The molecule has 0 fully saturated rings. The van der Waals surface area contributed by atoms with E-state index in [1.54, 1.807) is 18.3 Å². The van der Waals surface area contributed by atoms with Crippen molar-refractivity contribution in [1.29, 1.82) is 0 Å². The SMILES string of the molecule is O=C(Nc1cn[nH]c1C(=O)CCc1nc2ccccc2[nH]1)c1cccnc1. The van der Waals surface area contributed by atoms with Gasteiger partial charge in [0.2, 0.25) is 0 Å². The second-order valence-electron chi connectivity index (χ2n) is 5.98. The molecule has 1 aromatic carbocycles. The molecular weight excluding hydrogens is 344 g/mol. The van der Waals surface area contributed by atoms with Crippen molar-refractivity contribution in [3.8, 4) is 0 Å². The van der Waals surface area contributed by atoms with Crippen LogP contribution in [0.15, 0.2) is 55.0 Å². The molecule has 4 aromatic rings. The Labute approximate surface area is 154 Å². The summed E-state index contributed by atoms with van der Waals surface area (Å²) in [6, 6.07) is 11.0. The van der Waals surface area contributed by atoms with Crippen molar-refractivity contribution in [2.24, 2.45) is 0 Å². The number of carbonyl (C=O) groups excluding carboxylic acids is 2. The van der Waals surface area contributed by atoms with Crippen molar-refractivity contribution in [3.05, 3.63) is 72.1 Å². The number of para-hydroxylation sites is 2. The number of ketones is 1. The van der Waals surface area contributed by atoms with Crippen LogP contribution in [-0.4, -0.2) is 36.8 Å². The largest absolute Gasteiger partial charge is 0.342 e. The normalized spacial score (nSPS) is 10.8. The van der Waals surface area contributed by atoms with E-state index in [4.69, 9.17) is 0 Å². The summed E-state index contributed by atoms with van der Waals surface area (Å²) in [4.78, 5) is 36.4. The van der Waals surface area contributed by atoms with Crippen LogP contribution in [0.2, 0.25) is 0 Å². The zero-order valence-corrected chi connectivity index (χ0v) is 14.3. The molecule has 8 heteroatoms. The average molecular weight is 360 g/mol.